The molecule has 0 aromatic rings. The lowest BCUT2D eigenvalue weighted by Crippen LogP contribution is -2.36. The van der Waals surface area contributed by atoms with Crippen molar-refractivity contribution < 1.29 is 15.0 Å². The van der Waals surface area contributed by atoms with Crippen molar-refractivity contribution in [2.45, 2.75) is 93.3 Å². The molecule has 192 valence electrons. The van der Waals surface area contributed by atoms with Gasteiger partial charge in [0.15, 0.2) is 5.78 Å². The number of aliphatic hydroxyl groups excluding tert-OH is 2. The van der Waals surface area contributed by atoms with Gasteiger partial charge in [-0.25, -0.2) is 0 Å². The Balaban J connectivity index is 1.93. The van der Waals surface area contributed by atoms with Crippen molar-refractivity contribution in [2.75, 3.05) is 0 Å². The number of rotatable bonds is 8. The highest BCUT2D eigenvalue weighted by Gasteiger charge is 2.52. The predicted molar refractivity (Wildman–Crippen MR) is 148 cm³/mol. The van der Waals surface area contributed by atoms with Crippen LogP contribution in [-0.2, 0) is 4.79 Å². The molecule has 3 atom stereocenters. The molecule has 0 saturated heterocycles. The van der Waals surface area contributed by atoms with Crippen molar-refractivity contribution in [3.63, 3.8) is 0 Å². The molecular formula is C32H46O3. The van der Waals surface area contributed by atoms with Crippen LogP contribution in [0.5, 0.6) is 0 Å². The molecule has 2 aliphatic carbocycles. The van der Waals surface area contributed by atoms with E-state index in [9.17, 15) is 15.0 Å². The maximum absolute atomic E-state index is 12.9. The fourth-order valence-corrected chi connectivity index (χ4v) is 5.53. The first-order chi connectivity index (χ1) is 16.2. The molecule has 0 unspecified atom stereocenters. The number of aliphatic hydroxyl groups is 2. The summed E-state index contributed by atoms with van der Waals surface area (Å²) < 4.78 is 0. The van der Waals surface area contributed by atoms with Gasteiger partial charge in [-0.1, -0.05) is 106 Å². The second-order valence-corrected chi connectivity index (χ2v) is 12.0. The third-order valence-corrected chi connectivity index (χ3v) is 7.96. The molecule has 3 nitrogen and oxygen atoms in total. The molecule has 2 N–H and O–H groups in total. The molecule has 35 heavy (non-hydrogen) atoms. The van der Waals surface area contributed by atoms with E-state index < -0.39 is 11.5 Å². The smallest absolute Gasteiger partial charge is 0.162 e. The molecule has 0 aromatic carbocycles. The number of carbonyl (C=O) groups excluding carboxylic acids is 1. The Kier molecular flexibility index (Phi) is 9.67. The SMILES string of the molecule is CC1=C(/C=C/C=C/C=C(C)/C=C/C=C(C)/C=C/C(=O)[C@]2(C)C[C@@H](O)CC2(C)C)C(C)(C)C[C@H](O)C1. The van der Waals surface area contributed by atoms with E-state index in [1.165, 1.54) is 11.1 Å². The van der Waals surface area contributed by atoms with Crippen LogP contribution in [0, 0.1) is 16.2 Å². The van der Waals surface area contributed by atoms with Crippen LogP contribution in [0.3, 0.4) is 0 Å². The van der Waals surface area contributed by atoms with Crippen molar-refractivity contribution >= 4 is 5.78 Å². The molecular weight excluding hydrogens is 432 g/mol. The fourth-order valence-electron chi connectivity index (χ4n) is 5.53. The van der Waals surface area contributed by atoms with Crippen LogP contribution >= 0.6 is 0 Å². The Labute approximate surface area is 213 Å². The number of carbonyl (C=O) groups is 1. The average Bonchev–Trinajstić information content (AvgIpc) is 2.93. The molecule has 2 aliphatic rings. The monoisotopic (exact) mass is 478 g/mol. The predicted octanol–water partition coefficient (Wildman–Crippen LogP) is 7.36. The maximum Gasteiger partial charge on any atom is 0.162 e. The van der Waals surface area contributed by atoms with Gasteiger partial charge in [0.2, 0.25) is 0 Å². The van der Waals surface area contributed by atoms with Crippen LogP contribution in [0.4, 0.5) is 0 Å². The highest BCUT2D eigenvalue weighted by atomic mass is 16.3. The molecule has 0 aromatic heterocycles. The molecule has 1 fully saturated rings. The Hall–Kier alpha value is -2.23. The molecule has 0 aliphatic heterocycles. The van der Waals surface area contributed by atoms with Gasteiger partial charge in [-0.15, -0.1) is 0 Å². The summed E-state index contributed by atoms with van der Waals surface area (Å²) in [6.45, 7) is 16.7. The number of hydrogen-bond acceptors (Lipinski definition) is 3. The van der Waals surface area contributed by atoms with Gasteiger partial charge in [0.05, 0.1) is 12.2 Å². The summed E-state index contributed by atoms with van der Waals surface area (Å²) in [6, 6.07) is 0. The normalized spacial score (nSPS) is 30.0. The lowest BCUT2D eigenvalue weighted by atomic mass is 9.66. The Morgan fingerprint density at radius 2 is 1.43 bits per heavy atom. The van der Waals surface area contributed by atoms with Crippen LogP contribution < -0.4 is 0 Å². The molecule has 0 bridgehead atoms. The van der Waals surface area contributed by atoms with E-state index in [4.69, 9.17) is 0 Å². The Bertz CT molecular complexity index is 994. The first-order valence-electron chi connectivity index (χ1n) is 12.8. The standard InChI is InChI=1S/C32H46O3/c1-23(13-10-9-11-16-28-25(3)19-26(33)20-30(28,4)5)14-12-15-24(2)17-18-29(35)32(8)22-27(34)21-31(32,6)7/h9-18,26-27,33-34H,19-22H2,1-8H3/b10-9+,14-12+,16-11+,18-17+,23-13+,24-15+/t26-,27+,32+/m1/s1. The zero-order chi connectivity index (χ0) is 26.4. The van der Waals surface area contributed by atoms with Crippen molar-refractivity contribution in [3.05, 3.63) is 83.1 Å². The molecule has 1 saturated carbocycles. The summed E-state index contributed by atoms with van der Waals surface area (Å²) >= 11 is 0. The van der Waals surface area contributed by atoms with Crippen molar-refractivity contribution in [1.29, 1.82) is 0 Å². The van der Waals surface area contributed by atoms with E-state index >= 15 is 0 Å². The second kappa shape index (κ2) is 11.7. The third kappa shape index (κ3) is 7.62. The van der Waals surface area contributed by atoms with Crippen molar-refractivity contribution in [1.82, 2.24) is 0 Å². The van der Waals surface area contributed by atoms with Crippen LogP contribution in [0.2, 0.25) is 0 Å². The zero-order valence-corrected chi connectivity index (χ0v) is 23.1. The molecule has 0 spiro atoms. The van der Waals surface area contributed by atoms with Crippen LogP contribution in [0.15, 0.2) is 83.1 Å². The molecule has 0 radical (unpaired) electrons. The first-order valence-corrected chi connectivity index (χ1v) is 12.8. The maximum atomic E-state index is 12.9. The lowest BCUT2D eigenvalue weighted by molar-refractivity contribution is -0.127. The first kappa shape index (κ1) is 29.0. The summed E-state index contributed by atoms with van der Waals surface area (Å²) in [4.78, 5) is 12.9. The molecule has 3 heteroatoms. The summed E-state index contributed by atoms with van der Waals surface area (Å²) in [5.41, 5.74) is 3.99. The topological polar surface area (TPSA) is 57.5 Å². The van der Waals surface area contributed by atoms with Crippen molar-refractivity contribution in [3.8, 4) is 0 Å². The molecule has 0 amide bonds. The Morgan fingerprint density at radius 1 is 0.800 bits per heavy atom. The fraction of sp³-hybridized carbons (Fsp3) is 0.531. The largest absolute Gasteiger partial charge is 0.393 e. The summed E-state index contributed by atoms with van der Waals surface area (Å²) in [5.74, 6) is 0.0868. The molecule has 2 rings (SSSR count). The van der Waals surface area contributed by atoms with Crippen LogP contribution in [-0.4, -0.2) is 28.2 Å². The van der Waals surface area contributed by atoms with E-state index in [-0.39, 0.29) is 22.7 Å². The summed E-state index contributed by atoms with van der Waals surface area (Å²) in [7, 11) is 0. The lowest BCUT2D eigenvalue weighted by Gasteiger charge is -2.35. The minimum Gasteiger partial charge on any atom is -0.393 e. The van der Waals surface area contributed by atoms with Gasteiger partial charge in [0.1, 0.15) is 0 Å². The van der Waals surface area contributed by atoms with E-state index in [0.29, 0.717) is 12.8 Å². The van der Waals surface area contributed by atoms with Gasteiger partial charge in [0, 0.05) is 5.41 Å². The number of hydrogen-bond donors (Lipinski definition) is 2. The van der Waals surface area contributed by atoms with Gasteiger partial charge in [-0.2, -0.15) is 0 Å². The van der Waals surface area contributed by atoms with Gasteiger partial charge < -0.3 is 10.2 Å². The Morgan fingerprint density at radius 3 is 2.03 bits per heavy atom. The van der Waals surface area contributed by atoms with Crippen LogP contribution in [0.1, 0.15) is 81.1 Å². The van der Waals surface area contributed by atoms with Crippen molar-refractivity contribution in [2.24, 2.45) is 16.2 Å². The quantitative estimate of drug-likeness (QED) is 0.283. The van der Waals surface area contributed by atoms with E-state index in [2.05, 4.69) is 59.8 Å². The second-order valence-electron chi connectivity index (χ2n) is 12.0. The number of allylic oxidation sites excluding steroid dienone is 13. The van der Waals surface area contributed by atoms with Gasteiger partial charge in [-0.05, 0) is 68.9 Å². The molecule has 0 heterocycles. The van der Waals surface area contributed by atoms with Gasteiger partial charge in [0.25, 0.3) is 0 Å². The minimum atomic E-state index is -0.525. The van der Waals surface area contributed by atoms with E-state index in [0.717, 1.165) is 24.0 Å². The minimum absolute atomic E-state index is 0.00386. The highest BCUT2D eigenvalue weighted by molar-refractivity contribution is 5.95. The van der Waals surface area contributed by atoms with Crippen LogP contribution in [0.25, 0.3) is 0 Å². The average molecular weight is 479 g/mol. The summed E-state index contributed by atoms with van der Waals surface area (Å²) in [6.07, 6.45) is 22.1. The van der Waals surface area contributed by atoms with Gasteiger partial charge in [-0.3, -0.25) is 4.79 Å². The number of ketones is 1. The summed E-state index contributed by atoms with van der Waals surface area (Å²) in [5, 5.41) is 20.1. The van der Waals surface area contributed by atoms with E-state index in [1.807, 2.05) is 50.3 Å². The third-order valence-electron chi connectivity index (χ3n) is 7.96. The zero-order valence-electron chi connectivity index (χ0n) is 23.1. The van der Waals surface area contributed by atoms with Gasteiger partial charge >= 0.3 is 0 Å². The van der Waals surface area contributed by atoms with E-state index in [1.54, 1.807) is 6.08 Å². The highest BCUT2D eigenvalue weighted by Crippen LogP contribution is 2.53.